The summed E-state index contributed by atoms with van der Waals surface area (Å²) in [7, 11) is 0. The van der Waals surface area contributed by atoms with E-state index >= 15 is 0 Å². The molecular weight excluding hydrogens is 424 g/mol. The molecule has 0 bridgehead atoms. The number of benzene rings is 2. The predicted octanol–water partition coefficient (Wildman–Crippen LogP) is 4.99. The van der Waals surface area contributed by atoms with Gasteiger partial charge in [-0.05, 0) is 74.6 Å². The Hall–Kier alpha value is -3.00. The van der Waals surface area contributed by atoms with Crippen molar-refractivity contribution in [2.24, 2.45) is 0 Å². The lowest BCUT2D eigenvalue weighted by Crippen LogP contribution is -2.29. The molecule has 1 aromatic heterocycles. The van der Waals surface area contributed by atoms with Gasteiger partial charge >= 0.3 is 0 Å². The van der Waals surface area contributed by atoms with Crippen molar-refractivity contribution in [1.29, 1.82) is 0 Å². The van der Waals surface area contributed by atoms with Crippen LogP contribution in [0.5, 0.6) is 5.75 Å². The van der Waals surface area contributed by atoms with Gasteiger partial charge in [0.15, 0.2) is 6.61 Å². The van der Waals surface area contributed by atoms with Crippen LogP contribution in [0.15, 0.2) is 52.1 Å². The van der Waals surface area contributed by atoms with Gasteiger partial charge in [0.05, 0.1) is 5.75 Å². The average molecular weight is 453 g/mol. The molecule has 7 nitrogen and oxygen atoms in total. The van der Waals surface area contributed by atoms with Gasteiger partial charge in [-0.1, -0.05) is 23.9 Å². The van der Waals surface area contributed by atoms with Gasteiger partial charge in [0.25, 0.3) is 11.1 Å². The molecule has 8 heteroatoms. The molecule has 3 aromatic rings. The molecule has 2 heterocycles. The number of nitrogens with one attached hydrogen (secondary N) is 1. The molecule has 0 spiro atoms. The Labute approximate surface area is 192 Å². The quantitative estimate of drug-likeness (QED) is 0.483. The van der Waals surface area contributed by atoms with Crippen LogP contribution in [0.2, 0.25) is 0 Å². The van der Waals surface area contributed by atoms with Crippen molar-refractivity contribution in [2.75, 3.05) is 29.1 Å². The summed E-state index contributed by atoms with van der Waals surface area (Å²) in [6, 6.07) is 14.1. The van der Waals surface area contributed by atoms with Crippen molar-refractivity contribution in [3.63, 3.8) is 0 Å². The number of rotatable bonds is 8. The molecule has 0 radical (unpaired) electrons. The molecule has 0 saturated carbocycles. The zero-order valence-electron chi connectivity index (χ0n) is 18.5. The highest BCUT2D eigenvalue weighted by Crippen LogP contribution is 2.23. The Morgan fingerprint density at radius 1 is 1.09 bits per heavy atom. The average Bonchev–Trinajstić information content (AvgIpc) is 3.27. The van der Waals surface area contributed by atoms with Gasteiger partial charge in [0, 0.05) is 24.5 Å². The van der Waals surface area contributed by atoms with Crippen LogP contribution in [0.1, 0.15) is 36.3 Å². The minimum Gasteiger partial charge on any atom is -0.484 e. The first-order chi connectivity index (χ1) is 15.6. The number of amides is 1. The topological polar surface area (TPSA) is 80.5 Å². The van der Waals surface area contributed by atoms with E-state index in [1.54, 1.807) is 0 Å². The van der Waals surface area contributed by atoms with Gasteiger partial charge in [-0.25, -0.2) is 0 Å². The number of hydrogen-bond donors (Lipinski definition) is 1. The van der Waals surface area contributed by atoms with Crippen LogP contribution >= 0.6 is 11.8 Å². The summed E-state index contributed by atoms with van der Waals surface area (Å²) in [4.78, 5) is 14.7. The van der Waals surface area contributed by atoms with E-state index < -0.39 is 0 Å². The fourth-order valence-corrected chi connectivity index (χ4v) is 4.17. The molecule has 0 atom stereocenters. The third-order valence-corrected chi connectivity index (χ3v) is 6.16. The second-order valence-electron chi connectivity index (χ2n) is 7.95. The lowest BCUT2D eigenvalue weighted by atomic mass is 10.1. The first kappa shape index (κ1) is 22.2. The van der Waals surface area contributed by atoms with Crippen LogP contribution in [0.25, 0.3) is 0 Å². The summed E-state index contributed by atoms with van der Waals surface area (Å²) in [5.41, 5.74) is 4.16. The Bertz CT molecular complexity index is 1050. The van der Waals surface area contributed by atoms with Crippen molar-refractivity contribution in [3.05, 3.63) is 59.5 Å². The molecule has 0 aliphatic carbocycles. The molecule has 1 N–H and O–H groups in total. The van der Waals surface area contributed by atoms with Gasteiger partial charge in [-0.2, -0.15) is 0 Å². The number of aromatic nitrogens is 2. The second kappa shape index (κ2) is 10.5. The monoisotopic (exact) mass is 452 g/mol. The Balaban J connectivity index is 1.23. The van der Waals surface area contributed by atoms with Gasteiger partial charge in [-0.3, -0.25) is 4.79 Å². The molecule has 168 valence electrons. The molecule has 1 aliphatic heterocycles. The number of hydrogen-bond acceptors (Lipinski definition) is 7. The molecule has 1 aliphatic rings. The maximum absolute atomic E-state index is 12.3. The summed E-state index contributed by atoms with van der Waals surface area (Å²) in [5.74, 6) is 1.24. The first-order valence-electron chi connectivity index (χ1n) is 10.9. The molecular formula is C24H28N4O3S. The smallest absolute Gasteiger partial charge is 0.277 e. The number of piperidine rings is 1. The van der Waals surface area contributed by atoms with Crippen molar-refractivity contribution < 1.29 is 13.9 Å². The van der Waals surface area contributed by atoms with Crippen molar-refractivity contribution in [2.45, 2.75) is 44.9 Å². The Kier molecular flexibility index (Phi) is 7.32. The second-order valence-corrected chi connectivity index (χ2v) is 8.88. The molecule has 0 unspecified atom stereocenters. The number of anilines is 2. The Morgan fingerprint density at radius 2 is 1.88 bits per heavy atom. The summed E-state index contributed by atoms with van der Waals surface area (Å²) in [6.45, 7) is 6.40. The van der Waals surface area contributed by atoms with E-state index in [0.29, 0.717) is 11.1 Å². The van der Waals surface area contributed by atoms with E-state index in [1.807, 2.05) is 44.2 Å². The fourth-order valence-electron chi connectivity index (χ4n) is 3.59. The number of ether oxygens (including phenoxy) is 1. The maximum Gasteiger partial charge on any atom is 0.277 e. The first-order valence-corrected chi connectivity index (χ1v) is 11.9. The number of nitrogens with zero attached hydrogens (tertiary/aromatic N) is 3. The Morgan fingerprint density at radius 3 is 2.66 bits per heavy atom. The van der Waals surface area contributed by atoms with Gasteiger partial charge < -0.3 is 19.4 Å². The van der Waals surface area contributed by atoms with Gasteiger partial charge in [0.2, 0.25) is 5.91 Å². The summed E-state index contributed by atoms with van der Waals surface area (Å²) in [6.07, 6.45) is 3.79. The fraction of sp³-hybridized carbons (Fsp3) is 0.375. The van der Waals surface area contributed by atoms with Crippen molar-refractivity contribution in [1.82, 2.24) is 10.2 Å². The summed E-state index contributed by atoms with van der Waals surface area (Å²) >= 11 is 1.21. The highest BCUT2D eigenvalue weighted by Gasteiger charge is 2.13. The lowest BCUT2D eigenvalue weighted by molar-refractivity contribution is -0.113. The normalized spacial score (nSPS) is 13.8. The number of carbonyl (C=O) groups is 1. The predicted molar refractivity (Wildman–Crippen MR) is 126 cm³/mol. The maximum atomic E-state index is 12.3. The van der Waals surface area contributed by atoms with Crippen LogP contribution in [-0.2, 0) is 11.4 Å². The molecule has 1 saturated heterocycles. The van der Waals surface area contributed by atoms with Crippen LogP contribution < -0.4 is 15.0 Å². The summed E-state index contributed by atoms with van der Waals surface area (Å²) in [5, 5.41) is 11.3. The minimum atomic E-state index is -0.118. The summed E-state index contributed by atoms with van der Waals surface area (Å²) < 4.78 is 11.4. The highest BCUT2D eigenvalue weighted by atomic mass is 32.2. The zero-order chi connectivity index (χ0) is 22.3. The van der Waals surface area contributed by atoms with Crippen LogP contribution in [0.3, 0.4) is 0 Å². The SMILES string of the molecule is Cc1ccc(C)c(OCc2nnc(SCC(=O)Nc3ccc(N4CCCCC4)cc3)o2)c1. The van der Waals surface area contributed by atoms with E-state index in [9.17, 15) is 4.79 Å². The standard InChI is InChI=1S/C24H28N4O3S/c1-17-6-7-18(2)21(14-17)30-15-23-26-27-24(31-23)32-16-22(29)25-19-8-10-20(11-9-19)28-12-4-3-5-13-28/h6-11,14H,3-5,12-13,15-16H2,1-2H3,(H,25,29). The zero-order valence-corrected chi connectivity index (χ0v) is 19.3. The van der Waals surface area contributed by atoms with Gasteiger partial charge in [0.1, 0.15) is 5.75 Å². The third-order valence-electron chi connectivity index (χ3n) is 5.34. The van der Waals surface area contributed by atoms with Gasteiger partial charge in [-0.15, -0.1) is 10.2 Å². The molecule has 2 aromatic carbocycles. The molecule has 1 fully saturated rings. The van der Waals surface area contributed by atoms with Crippen LogP contribution in [0, 0.1) is 13.8 Å². The minimum absolute atomic E-state index is 0.118. The van der Waals surface area contributed by atoms with Crippen molar-refractivity contribution >= 4 is 29.0 Å². The van der Waals surface area contributed by atoms with Crippen molar-refractivity contribution in [3.8, 4) is 5.75 Å². The van der Waals surface area contributed by atoms with Crippen LogP contribution in [-0.4, -0.2) is 34.9 Å². The van der Waals surface area contributed by atoms with E-state index in [4.69, 9.17) is 9.15 Å². The highest BCUT2D eigenvalue weighted by molar-refractivity contribution is 7.99. The van der Waals surface area contributed by atoms with E-state index in [2.05, 4.69) is 32.5 Å². The molecule has 32 heavy (non-hydrogen) atoms. The number of thioether (sulfide) groups is 1. The van der Waals surface area contributed by atoms with Crippen LogP contribution in [0.4, 0.5) is 11.4 Å². The molecule has 1 amide bonds. The molecule has 4 rings (SSSR count). The lowest BCUT2D eigenvalue weighted by Gasteiger charge is -2.28. The third kappa shape index (κ3) is 6.03. The van der Waals surface area contributed by atoms with E-state index in [-0.39, 0.29) is 18.3 Å². The number of carbonyl (C=O) groups excluding carboxylic acids is 1. The number of aryl methyl sites for hydroxylation is 2. The largest absolute Gasteiger partial charge is 0.484 e. The van der Waals surface area contributed by atoms with E-state index in [1.165, 1.54) is 36.7 Å². The van der Waals surface area contributed by atoms with E-state index in [0.717, 1.165) is 35.7 Å².